The molecule has 2 heterocycles. The van der Waals surface area contributed by atoms with Crippen molar-refractivity contribution in [1.82, 2.24) is 15.3 Å². The van der Waals surface area contributed by atoms with E-state index in [0.717, 1.165) is 76.2 Å². The lowest BCUT2D eigenvalue weighted by Gasteiger charge is -2.22. The number of aryl methyl sites for hydroxylation is 2. The minimum absolute atomic E-state index is 0.229. The van der Waals surface area contributed by atoms with Gasteiger partial charge in [0.05, 0.1) is 15.9 Å². The lowest BCUT2D eigenvalue weighted by atomic mass is 9.92. The maximum atomic E-state index is 13.6. The molecule has 37 heavy (non-hydrogen) atoms. The summed E-state index contributed by atoms with van der Waals surface area (Å²) in [5.41, 5.74) is 15.8. The van der Waals surface area contributed by atoms with Gasteiger partial charge in [-0.25, -0.2) is 9.37 Å². The standard InChI is InChI=1S/C31H37FN4S/c1-6-9-22-16-27(35-30(20(22)5)21-11-13-25(32)14-12-21)23(10-7-2)18-34-26(8-3)24-15-19(4)29-28(17-24)37-31(33)36-29/h8,11-17,23,34H,6-7,9-10,18H2,1-5H3,(H2,33,36). The highest BCUT2D eigenvalue weighted by Gasteiger charge is 2.19. The molecular weight excluding hydrogens is 479 g/mol. The molecule has 6 heteroatoms. The largest absolute Gasteiger partial charge is 0.384 e. The Morgan fingerprint density at radius 3 is 2.51 bits per heavy atom. The second-order valence-corrected chi connectivity index (χ2v) is 10.8. The second kappa shape index (κ2) is 11.9. The van der Waals surface area contributed by atoms with E-state index in [1.54, 1.807) is 0 Å². The number of nitrogens with two attached hydrogens (primary N) is 1. The van der Waals surface area contributed by atoms with Gasteiger partial charge in [0.25, 0.3) is 0 Å². The number of hydrogen-bond donors (Lipinski definition) is 2. The Hall–Kier alpha value is -3.25. The van der Waals surface area contributed by atoms with Gasteiger partial charge in [-0.1, -0.05) is 44.1 Å². The average molecular weight is 517 g/mol. The maximum Gasteiger partial charge on any atom is 0.181 e. The van der Waals surface area contributed by atoms with Crippen LogP contribution in [0.3, 0.4) is 0 Å². The number of rotatable bonds is 10. The summed E-state index contributed by atoms with van der Waals surface area (Å²) in [6.45, 7) is 11.5. The number of benzene rings is 2. The van der Waals surface area contributed by atoms with Crippen LogP contribution in [-0.4, -0.2) is 16.5 Å². The third-order valence-corrected chi connectivity index (χ3v) is 7.76. The van der Waals surface area contributed by atoms with Crippen LogP contribution in [0, 0.1) is 19.7 Å². The summed E-state index contributed by atoms with van der Waals surface area (Å²) in [7, 11) is 0. The summed E-state index contributed by atoms with van der Waals surface area (Å²) in [4.78, 5) is 9.64. The normalized spacial score (nSPS) is 12.8. The van der Waals surface area contributed by atoms with Crippen molar-refractivity contribution in [2.24, 2.45) is 0 Å². The summed E-state index contributed by atoms with van der Waals surface area (Å²) in [5.74, 6) is 0.0203. The zero-order valence-electron chi connectivity index (χ0n) is 22.5. The number of allylic oxidation sites excluding steroid dienone is 1. The zero-order valence-corrected chi connectivity index (χ0v) is 23.3. The molecule has 2 aromatic carbocycles. The summed E-state index contributed by atoms with van der Waals surface area (Å²) >= 11 is 1.52. The van der Waals surface area contributed by atoms with Crippen LogP contribution < -0.4 is 11.1 Å². The van der Waals surface area contributed by atoms with Gasteiger partial charge in [0.15, 0.2) is 5.13 Å². The fourth-order valence-corrected chi connectivity index (χ4v) is 5.84. The van der Waals surface area contributed by atoms with Crippen molar-refractivity contribution in [3.05, 3.63) is 82.3 Å². The lowest BCUT2D eigenvalue weighted by Crippen LogP contribution is -2.22. The molecule has 0 spiro atoms. The fraction of sp³-hybridized carbons (Fsp3) is 0.355. The Balaban J connectivity index is 1.66. The minimum Gasteiger partial charge on any atom is -0.384 e. The summed E-state index contributed by atoms with van der Waals surface area (Å²) in [5, 5.41) is 4.32. The third kappa shape index (κ3) is 6.02. The van der Waals surface area contributed by atoms with Gasteiger partial charge in [-0.3, -0.25) is 4.98 Å². The average Bonchev–Trinajstić information content (AvgIpc) is 3.26. The van der Waals surface area contributed by atoms with Crippen molar-refractivity contribution >= 4 is 32.4 Å². The van der Waals surface area contributed by atoms with Crippen LogP contribution in [-0.2, 0) is 6.42 Å². The first-order valence-electron chi connectivity index (χ1n) is 13.2. The molecule has 0 aliphatic rings. The van der Waals surface area contributed by atoms with E-state index in [-0.39, 0.29) is 11.7 Å². The first-order valence-corrected chi connectivity index (χ1v) is 14.0. The summed E-state index contributed by atoms with van der Waals surface area (Å²) in [6, 6.07) is 13.3. The number of nitrogens with zero attached hydrogens (tertiary/aromatic N) is 2. The minimum atomic E-state index is -0.229. The van der Waals surface area contributed by atoms with Gasteiger partial charge in [-0.15, -0.1) is 0 Å². The molecule has 0 fully saturated rings. The third-order valence-electron chi connectivity index (χ3n) is 6.93. The van der Waals surface area contributed by atoms with Gasteiger partial charge < -0.3 is 11.1 Å². The topological polar surface area (TPSA) is 63.8 Å². The van der Waals surface area contributed by atoms with Crippen molar-refractivity contribution in [2.45, 2.75) is 66.2 Å². The Kier molecular flexibility index (Phi) is 8.59. The molecule has 0 aliphatic carbocycles. The first kappa shape index (κ1) is 26.8. The van der Waals surface area contributed by atoms with E-state index in [4.69, 9.17) is 10.7 Å². The van der Waals surface area contributed by atoms with Crippen LogP contribution in [0.2, 0.25) is 0 Å². The number of nitrogen functional groups attached to an aromatic ring is 1. The Bertz CT molecular complexity index is 1410. The molecule has 2 aromatic heterocycles. The van der Waals surface area contributed by atoms with Crippen LogP contribution in [0.15, 0.2) is 48.5 Å². The lowest BCUT2D eigenvalue weighted by molar-refractivity contribution is 0.578. The molecule has 1 unspecified atom stereocenters. The highest BCUT2D eigenvalue weighted by atomic mass is 32.1. The predicted octanol–water partition coefficient (Wildman–Crippen LogP) is 8.18. The molecule has 0 saturated heterocycles. The molecule has 0 aliphatic heterocycles. The van der Waals surface area contributed by atoms with Crippen LogP contribution in [0.5, 0.6) is 0 Å². The number of pyridine rings is 1. The van der Waals surface area contributed by atoms with Crippen molar-refractivity contribution in [1.29, 1.82) is 0 Å². The van der Waals surface area contributed by atoms with Gasteiger partial charge in [0.2, 0.25) is 0 Å². The van der Waals surface area contributed by atoms with Gasteiger partial charge in [0.1, 0.15) is 5.82 Å². The number of aromatic nitrogens is 2. The molecule has 1 atom stereocenters. The van der Waals surface area contributed by atoms with E-state index in [1.807, 2.05) is 12.1 Å². The first-order chi connectivity index (χ1) is 17.8. The summed E-state index contributed by atoms with van der Waals surface area (Å²) in [6.07, 6.45) is 6.28. The molecule has 4 nitrogen and oxygen atoms in total. The Morgan fingerprint density at radius 2 is 1.84 bits per heavy atom. The Labute approximate surface area is 223 Å². The molecule has 0 radical (unpaired) electrons. The number of anilines is 1. The van der Waals surface area contributed by atoms with E-state index < -0.39 is 0 Å². The number of halogens is 1. The highest BCUT2D eigenvalue weighted by molar-refractivity contribution is 7.22. The van der Waals surface area contributed by atoms with Crippen molar-refractivity contribution in [3.8, 4) is 11.3 Å². The molecule has 3 N–H and O–H groups in total. The van der Waals surface area contributed by atoms with E-state index in [2.05, 4.69) is 69.2 Å². The molecular formula is C31H37FN4S. The predicted molar refractivity (Wildman–Crippen MR) is 156 cm³/mol. The summed E-state index contributed by atoms with van der Waals surface area (Å²) < 4.78 is 14.7. The number of thiazole rings is 1. The van der Waals surface area contributed by atoms with Crippen LogP contribution in [0.4, 0.5) is 9.52 Å². The van der Waals surface area contributed by atoms with Crippen LogP contribution >= 0.6 is 11.3 Å². The van der Waals surface area contributed by atoms with E-state index >= 15 is 0 Å². The molecule has 4 aromatic rings. The zero-order chi connectivity index (χ0) is 26.5. The highest BCUT2D eigenvalue weighted by Crippen LogP contribution is 2.32. The maximum absolute atomic E-state index is 13.6. The SMILES string of the molecule is CC=C(NCC(CCC)c1cc(CCC)c(C)c(-c2ccc(F)cc2)n1)c1cc(C)c2nc(N)sc2c1. The van der Waals surface area contributed by atoms with Gasteiger partial charge >= 0.3 is 0 Å². The number of fused-ring (bicyclic) bond motifs is 1. The molecule has 194 valence electrons. The van der Waals surface area contributed by atoms with Gasteiger partial charge in [0, 0.05) is 29.4 Å². The number of nitrogens with one attached hydrogen (secondary N) is 1. The van der Waals surface area contributed by atoms with Gasteiger partial charge in [-0.05, 0) is 98.3 Å². The quantitative estimate of drug-likeness (QED) is 0.223. The van der Waals surface area contributed by atoms with Crippen molar-refractivity contribution in [3.63, 3.8) is 0 Å². The van der Waals surface area contributed by atoms with Crippen LogP contribution in [0.25, 0.3) is 27.2 Å². The number of hydrogen-bond acceptors (Lipinski definition) is 5. The van der Waals surface area contributed by atoms with E-state index in [0.29, 0.717) is 5.13 Å². The fourth-order valence-electron chi connectivity index (χ4n) is 4.99. The smallest absolute Gasteiger partial charge is 0.181 e. The molecule has 0 saturated carbocycles. The monoisotopic (exact) mass is 516 g/mol. The van der Waals surface area contributed by atoms with Crippen molar-refractivity contribution in [2.75, 3.05) is 12.3 Å². The second-order valence-electron chi connectivity index (χ2n) is 9.70. The van der Waals surface area contributed by atoms with Crippen molar-refractivity contribution < 1.29 is 4.39 Å². The van der Waals surface area contributed by atoms with E-state index in [9.17, 15) is 4.39 Å². The Morgan fingerprint density at radius 1 is 1.08 bits per heavy atom. The van der Waals surface area contributed by atoms with E-state index in [1.165, 1.54) is 34.6 Å². The van der Waals surface area contributed by atoms with Gasteiger partial charge in [-0.2, -0.15) is 0 Å². The molecule has 0 amide bonds. The molecule has 4 rings (SSSR count). The van der Waals surface area contributed by atoms with Crippen LogP contribution in [0.1, 0.15) is 73.9 Å². The molecule has 0 bridgehead atoms.